The van der Waals surface area contributed by atoms with Gasteiger partial charge in [-0.3, -0.25) is 4.79 Å². The summed E-state index contributed by atoms with van der Waals surface area (Å²) in [6.07, 6.45) is 9.79. The minimum Gasteiger partial charge on any atom is -0.493 e. The van der Waals surface area contributed by atoms with Gasteiger partial charge in [-0.15, -0.1) is 0 Å². The topological polar surface area (TPSA) is 55.8 Å². The van der Waals surface area contributed by atoms with Crippen LogP contribution in [-0.2, 0) is 9.53 Å². The first kappa shape index (κ1) is 22.7. The molecule has 4 saturated carbocycles. The quantitative estimate of drug-likeness (QED) is 0.550. The number of amides is 1. The van der Waals surface area contributed by atoms with Gasteiger partial charge in [-0.25, -0.2) is 4.79 Å². The zero-order valence-corrected chi connectivity index (χ0v) is 20.7. The first-order valence-corrected chi connectivity index (χ1v) is 12.9. The largest absolute Gasteiger partial charge is 0.493 e. The van der Waals surface area contributed by atoms with Crippen LogP contribution in [0.3, 0.4) is 0 Å². The Morgan fingerprint density at radius 3 is 2.27 bits per heavy atom. The number of benzene rings is 1. The Hall–Kier alpha value is -2.04. The second kappa shape index (κ2) is 8.32. The van der Waals surface area contributed by atoms with Crippen LogP contribution in [-0.4, -0.2) is 41.6 Å². The van der Waals surface area contributed by atoms with Crippen LogP contribution in [0.5, 0.6) is 5.75 Å². The van der Waals surface area contributed by atoms with Crippen LogP contribution >= 0.6 is 0 Å². The summed E-state index contributed by atoms with van der Waals surface area (Å²) < 4.78 is 12.0. The third-order valence-corrected chi connectivity index (χ3v) is 8.31. The van der Waals surface area contributed by atoms with Crippen molar-refractivity contribution in [2.24, 2.45) is 23.2 Å². The molecule has 0 aromatic heterocycles. The predicted octanol–water partition coefficient (Wildman–Crippen LogP) is 5.54. The van der Waals surface area contributed by atoms with E-state index < -0.39 is 11.6 Å². The van der Waals surface area contributed by atoms with Gasteiger partial charge >= 0.3 is 5.97 Å². The van der Waals surface area contributed by atoms with Gasteiger partial charge < -0.3 is 14.4 Å². The lowest BCUT2D eigenvalue weighted by Gasteiger charge is -2.56. The summed E-state index contributed by atoms with van der Waals surface area (Å²) in [7, 11) is 0. The molecule has 5 nitrogen and oxygen atoms in total. The Labute approximate surface area is 198 Å². The summed E-state index contributed by atoms with van der Waals surface area (Å²) in [5.74, 6) is 3.23. The maximum absolute atomic E-state index is 13.3. The number of carbonyl (C=O) groups excluding carboxylic acids is 2. The predicted molar refractivity (Wildman–Crippen MR) is 127 cm³/mol. The van der Waals surface area contributed by atoms with Crippen LogP contribution in [0, 0.1) is 30.1 Å². The van der Waals surface area contributed by atoms with Gasteiger partial charge in [0.25, 0.3) is 5.91 Å². The van der Waals surface area contributed by atoms with Crippen LogP contribution in [0.1, 0.15) is 88.1 Å². The molecule has 5 heteroatoms. The molecular weight excluding hydrogens is 414 g/mol. The van der Waals surface area contributed by atoms with E-state index >= 15 is 0 Å². The van der Waals surface area contributed by atoms with E-state index in [0.717, 1.165) is 42.1 Å². The van der Waals surface area contributed by atoms with Crippen molar-refractivity contribution in [2.45, 2.75) is 90.7 Å². The van der Waals surface area contributed by atoms with Gasteiger partial charge in [0.1, 0.15) is 17.4 Å². The first-order chi connectivity index (χ1) is 15.6. The zero-order chi connectivity index (χ0) is 23.4. The second-order valence-corrected chi connectivity index (χ2v) is 12.4. The van der Waals surface area contributed by atoms with E-state index in [4.69, 9.17) is 9.47 Å². The van der Waals surface area contributed by atoms with Crippen molar-refractivity contribution >= 4 is 11.9 Å². The van der Waals surface area contributed by atoms with Crippen LogP contribution in [0.4, 0.5) is 0 Å². The fourth-order valence-corrected chi connectivity index (χ4v) is 7.43. The highest BCUT2D eigenvalue weighted by Gasteiger charge is 2.51. The van der Waals surface area contributed by atoms with Crippen LogP contribution < -0.4 is 4.74 Å². The van der Waals surface area contributed by atoms with Crippen molar-refractivity contribution in [1.82, 2.24) is 4.90 Å². The smallest absolute Gasteiger partial charge is 0.329 e. The molecule has 1 aromatic rings. The number of likely N-dealkylation sites (tertiary alicyclic amines) is 1. The molecule has 1 aromatic carbocycles. The molecule has 0 spiro atoms. The molecule has 1 amide bonds. The van der Waals surface area contributed by atoms with E-state index in [1.807, 2.05) is 45.9 Å². The fourth-order valence-electron chi connectivity index (χ4n) is 7.43. The van der Waals surface area contributed by atoms with Crippen molar-refractivity contribution in [3.8, 4) is 5.75 Å². The summed E-state index contributed by atoms with van der Waals surface area (Å²) in [4.78, 5) is 27.6. The fraction of sp³-hybridized carbons (Fsp3) is 0.714. The van der Waals surface area contributed by atoms with Gasteiger partial charge in [0.05, 0.1) is 6.61 Å². The van der Waals surface area contributed by atoms with Gasteiger partial charge in [-0.2, -0.15) is 0 Å². The standard InChI is InChI=1S/C28H39NO4/c1-18-10-22(25(30)29-9-5-6-23(29)26(31)33-27(2,3)4)7-8-24(18)32-17-28-14-19-11-20(15-28)13-21(12-19)16-28/h7-8,10,19-21,23H,5-6,9,11-17H2,1-4H3/t19?,20?,21?,23-,28?/m0/s1. The molecule has 0 N–H and O–H groups in total. The number of rotatable bonds is 5. The third kappa shape index (κ3) is 4.65. The monoisotopic (exact) mass is 453 g/mol. The average Bonchev–Trinajstić information content (AvgIpc) is 3.20. The second-order valence-electron chi connectivity index (χ2n) is 12.4. The lowest BCUT2D eigenvalue weighted by Crippen LogP contribution is -2.48. The lowest BCUT2D eigenvalue weighted by atomic mass is 9.50. The third-order valence-electron chi connectivity index (χ3n) is 8.31. The number of ether oxygens (including phenoxy) is 2. The molecule has 5 fully saturated rings. The van der Waals surface area contributed by atoms with E-state index in [9.17, 15) is 9.59 Å². The SMILES string of the molecule is Cc1cc(C(=O)N2CCC[C@H]2C(=O)OC(C)(C)C)ccc1OCC12CC3CC(CC(C3)C1)C2. The lowest BCUT2D eigenvalue weighted by molar-refractivity contribution is -0.159. The van der Waals surface area contributed by atoms with Crippen molar-refractivity contribution in [3.63, 3.8) is 0 Å². The molecule has 1 aliphatic heterocycles. The maximum Gasteiger partial charge on any atom is 0.329 e. The Bertz CT molecular complexity index is 895. The molecular formula is C28H39NO4. The minimum absolute atomic E-state index is 0.0981. The average molecular weight is 454 g/mol. The molecule has 0 unspecified atom stereocenters. The van der Waals surface area contributed by atoms with Crippen molar-refractivity contribution < 1.29 is 19.1 Å². The zero-order valence-electron chi connectivity index (χ0n) is 20.7. The highest BCUT2D eigenvalue weighted by Crippen LogP contribution is 2.60. The Balaban J connectivity index is 1.24. The van der Waals surface area contributed by atoms with E-state index in [0.29, 0.717) is 23.9 Å². The molecule has 6 rings (SSSR count). The summed E-state index contributed by atoms with van der Waals surface area (Å²) in [6.45, 7) is 8.98. The molecule has 0 radical (unpaired) electrons. The summed E-state index contributed by atoms with van der Waals surface area (Å²) in [6, 6.07) is 5.22. The number of esters is 1. The highest BCUT2D eigenvalue weighted by atomic mass is 16.6. The molecule has 1 saturated heterocycles. The van der Waals surface area contributed by atoms with Gasteiger partial charge in [-0.05, 0) is 121 Å². The van der Waals surface area contributed by atoms with Crippen molar-refractivity contribution in [2.75, 3.05) is 13.2 Å². The van der Waals surface area contributed by atoms with Gasteiger partial charge in [0.2, 0.25) is 0 Å². The van der Waals surface area contributed by atoms with Crippen LogP contribution in [0.25, 0.3) is 0 Å². The van der Waals surface area contributed by atoms with Gasteiger partial charge in [-0.1, -0.05) is 0 Å². The Morgan fingerprint density at radius 2 is 1.70 bits per heavy atom. The van der Waals surface area contributed by atoms with E-state index in [1.165, 1.54) is 38.5 Å². The molecule has 33 heavy (non-hydrogen) atoms. The number of aryl methyl sites for hydroxylation is 1. The molecule has 1 atom stereocenters. The summed E-state index contributed by atoms with van der Waals surface area (Å²) in [5, 5.41) is 0. The molecule has 5 aliphatic rings. The maximum atomic E-state index is 13.3. The molecule has 1 heterocycles. The van der Waals surface area contributed by atoms with Crippen molar-refractivity contribution in [1.29, 1.82) is 0 Å². The Kier molecular flexibility index (Phi) is 5.73. The minimum atomic E-state index is -0.555. The first-order valence-electron chi connectivity index (χ1n) is 12.9. The molecule has 180 valence electrons. The number of carbonyl (C=O) groups is 2. The Morgan fingerprint density at radius 1 is 1.06 bits per heavy atom. The molecule has 4 aliphatic carbocycles. The molecule has 4 bridgehead atoms. The van der Waals surface area contributed by atoms with Gasteiger partial charge in [0.15, 0.2) is 0 Å². The van der Waals surface area contributed by atoms with E-state index in [1.54, 1.807) is 4.90 Å². The van der Waals surface area contributed by atoms with Crippen LogP contribution in [0.2, 0.25) is 0 Å². The summed E-state index contributed by atoms with van der Waals surface area (Å²) >= 11 is 0. The van der Waals surface area contributed by atoms with Gasteiger partial charge in [0, 0.05) is 17.5 Å². The van der Waals surface area contributed by atoms with E-state index in [2.05, 4.69) is 0 Å². The normalized spacial score (nSPS) is 32.8. The number of hydrogen-bond donors (Lipinski definition) is 0. The number of hydrogen-bond acceptors (Lipinski definition) is 4. The summed E-state index contributed by atoms with van der Waals surface area (Å²) in [5.41, 5.74) is 1.41. The van der Waals surface area contributed by atoms with E-state index in [-0.39, 0.29) is 11.9 Å². The number of nitrogens with zero attached hydrogens (tertiary/aromatic N) is 1. The van der Waals surface area contributed by atoms with Crippen LogP contribution in [0.15, 0.2) is 18.2 Å². The highest BCUT2D eigenvalue weighted by molar-refractivity contribution is 5.97. The van der Waals surface area contributed by atoms with Crippen molar-refractivity contribution in [3.05, 3.63) is 29.3 Å².